The number of carbonyl (C=O) groups is 1. The number of amides is 1. The van der Waals surface area contributed by atoms with Crippen LogP contribution in [0.25, 0.3) is 0 Å². The van der Waals surface area contributed by atoms with E-state index in [1.807, 2.05) is 54.7 Å². The molecule has 6 nitrogen and oxygen atoms in total. The lowest BCUT2D eigenvalue weighted by molar-refractivity contribution is -0.119. The Morgan fingerprint density at radius 2 is 1.97 bits per heavy atom. The van der Waals surface area contributed by atoms with E-state index in [0.717, 1.165) is 54.9 Å². The van der Waals surface area contributed by atoms with Crippen molar-refractivity contribution in [3.8, 4) is 17.4 Å². The van der Waals surface area contributed by atoms with E-state index in [2.05, 4.69) is 22.0 Å². The highest BCUT2D eigenvalue weighted by atomic mass is 16.5. The van der Waals surface area contributed by atoms with E-state index >= 15 is 0 Å². The normalized spacial score (nSPS) is 20.4. The zero-order chi connectivity index (χ0) is 21.9. The number of fused-ring (bicyclic) bond motifs is 1. The molecular formula is C26H27N3O3. The average molecular weight is 430 g/mol. The molecule has 1 saturated heterocycles. The van der Waals surface area contributed by atoms with E-state index in [1.54, 1.807) is 0 Å². The first-order valence-corrected chi connectivity index (χ1v) is 11.2. The van der Waals surface area contributed by atoms with Crippen molar-refractivity contribution in [3.05, 3.63) is 83.6 Å². The third kappa shape index (κ3) is 4.46. The van der Waals surface area contributed by atoms with Gasteiger partial charge in [-0.3, -0.25) is 9.69 Å². The van der Waals surface area contributed by atoms with Gasteiger partial charge in [0.15, 0.2) is 0 Å². The standard InChI is InChI=1S/C26H27N3O3/c27-25(30)17-29-14-4-7-22(29)20-9-13-26(28-16-20)31-21-10-12-24-19(15-21)8-11-23(32-24)18-5-2-1-3-6-18/h1-3,5-6,9-10,12-13,15-16,22-23H,4,7-8,11,14,17H2,(H2,27,30). The molecule has 2 aliphatic rings. The third-order valence-corrected chi connectivity index (χ3v) is 6.24. The Morgan fingerprint density at radius 3 is 2.75 bits per heavy atom. The minimum absolute atomic E-state index is 0.0920. The summed E-state index contributed by atoms with van der Waals surface area (Å²) in [6.45, 7) is 1.17. The molecule has 2 N–H and O–H groups in total. The van der Waals surface area contributed by atoms with Crippen LogP contribution in [0.1, 0.15) is 48.1 Å². The first-order chi connectivity index (χ1) is 15.7. The van der Waals surface area contributed by atoms with Crippen molar-refractivity contribution in [2.75, 3.05) is 13.1 Å². The highest BCUT2D eigenvalue weighted by Crippen LogP contribution is 2.37. The Kier molecular flexibility index (Phi) is 5.77. The van der Waals surface area contributed by atoms with Crippen LogP contribution in [0.3, 0.4) is 0 Å². The monoisotopic (exact) mass is 429 g/mol. The number of hydrogen-bond donors (Lipinski definition) is 1. The maximum Gasteiger partial charge on any atom is 0.231 e. The summed E-state index contributed by atoms with van der Waals surface area (Å²) in [6, 6.07) is 20.4. The quantitative estimate of drug-likeness (QED) is 0.621. The molecule has 5 rings (SSSR count). The topological polar surface area (TPSA) is 77.7 Å². The van der Waals surface area contributed by atoms with Crippen molar-refractivity contribution < 1.29 is 14.3 Å². The van der Waals surface area contributed by atoms with Crippen molar-refractivity contribution in [2.45, 2.75) is 37.8 Å². The summed E-state index contributed by atoms with van der Waals surface area (Å²) in [6.07, 6.45) is 5.87. The van der Waals surface area contributed by atoms with Gasteiger partial charge >= 0.3 is 0 Å². The van der Waals surface area contributed by atoms with Gasteiger partial charge in [0.2, 0.25) is 11.8 Å². The Balaban J connectivity index is 1.25. The molecule has 1 amide bonds. The molecule has 0 spiro atoms. The molecule has 32 heavy (non-hydrogen) atoms. The maximum absolute atomic E-state index is 11.3. The zero-order valence-corrected chi connectivity index (χ0v) is 17.9. The number of hydrogen-bond acceptors (Lipinski definition) is 5. The van der Waals surface area contributed by atoms with Gasteiger partial charge in [-0.25, -0.2) is 4.98 Å². The number of aromatic nitrogens is 1. The molecule has 0 radical (unpaired) electrons. The molecular weight excluding hydrogens is 402 g/mol. The molecule has 0 aliphatic carbocycles. The van der Waals surface area contributed by atoms with E-state index in [9.17, 15) is 4.79 Å². The first kappa shape index (κ1) is 20.5. The number of primary amides is 1. The van der Waals surface area contributed by atoms with Crippen LogP contribution >= 0.6 is 0 Å². The Morgan fingerprint density at radius 1 is 1.09 bits per heavy atom. The summed E-state index contributed by atoms with van der Waals surface area (Å²) >= 11 is 0. The Hall–Kier alpha value is -3.38. The lowest BCUT2D eigenvalue weighted by Gasteiger charge is -2.26. The van der Waals surface area contributed by atoms with Gasteiger partial charge in [0.25, 0.3) is 0 Å². The second-order valence-electron chi connectivity index (χ2n) is 8.45. The first-order valence-electron chi connectivity index (χ1n) is 11.2. The largest absolute Gasteiger partial charge is 0.485 e. The molecule has 2 atom stereocenters. The Labute approximate surface area is 188 Å². The summed E-state index contributed by atoms with van der Waals surface area (Å²) in [5, 5.41) is 0. The zero-order valence-electron chi connectivity index (χ0n) is 17.9. The van der Waals surface area contributed by atoms with Crippen LogP contribution in [-0.4, -0.2) is 28.9 Å². The van der Waals surface area contributed by atoms with Gasteiger partial charge < -0.3 is 15.2 Å². The van der Waals surface area contributed by atoms with Crippen LogP contribution in [-0.2, 0) is 11.2 Å². The van der Waals surface area contributed by atoms with E-state index in [-0.39, 0.29) is 24.6 Å². The molecule has 3 aromatic rings. The van der Waals surface area contributed by atoms with Crippen molar-refractivity contribution in [1.82, 2.24) is 9.88 Å². The number of nitrogens with two attached hydrogens (primary N) is 1. The van der Waals surface area contributed by atoms with E-state index in [4.69, 9.17) is 15.2 Å². The van der Waals surface area contributed by atoms with Gasteiger partial charge in [-0.15, -0.1) is 0 Å². The number of aryl methyl sites for hydroxylation is 1. The van der Waals surface area contributed by atoms with E-state index in [1.165, 1.54) is 5.56 Å². The van der Waals surface area contributed by atoms with Gasteiger partial charge in [-0.2, -0.15) is 0 Å². The highest BCUT2D eigenvalue weighted by molar-refractivity contribution is 5.76. The average Bonchev–Trinajstić information content (AvgIpc) is 3.27. The summed E-state index contributed by atoms with van der Waals surface area (Å²) in [7, 11) is 0. The van der Waals surface area contributed by atoms with Crippen LogP contribution in [0.4, 0.5) is 0 Å². The predicted molar refractivity (Wildman–Crippen MR) is 122 cm³/mol. The second kappa shape index (κ2) is 9.01. The highest BCUT2D eigenvalue weighted by Gasteiger charge is 2.27. The third-order valence-electron chi connectivity index (χ3n) is 6.24. The molecule has 3 heterocycles. The van der Waals surface area contributed by atoms with Gasteiger partial charge in [-0.05, 0) is 67.1 Å². The summed E-state index contributed by atoms with van der Waals surface area (Å²) in [5.74, 6) is 1.92. The number of likely N-dealkylation sites (tertiary alicyclic amines) is 1. The fourth-order valence-electron chi connectivity index (χ4n) is 4.69. The predicted octanol–water partition coefficient (Wildman–Crippen LogP) is 4.56. The van der Waals surface area contributed by atoms with Crippen LogP contribution in [0.5, 0.6) is 17.4 Å². The van der Waals surface area contributed by atoms with Crippen molar-refractivity contribution in [1.29, 1.82) is 0 Å². The number of carbonyl (C=O) groups excluding carboxylic acids is 1. The summed E-state index contributed by atoms with van der Waals surface area (Å²) in [5.41, 5.74) is 8.83. The molecule has 2 aliphatic heterocycles. The Bertz CT molecular complexity index is 1090. The fourth-order valence-corrected chi connectivity index (χ4v) is 4.69. The van der Waals surface area contributed by atoms with Crippen molar-refractivity contribution in [2.24, 2.45) is 5.73 Å². The number of pyridine rings is 1. The number of ether oxygens (including phenoxy) is 2. The van der Waals surface area contributed by atoms with Gasteiger partial charge in [-0.1, -0.05) is 36.4 Å². The molecule has 0 saturated carbocycles. The number of rotatable bonds is 6. The molecule has 164 valence electrons. The van der Waals surface area contributed by atoms with Gasteiger partial charge in [0.05, 0.1) is 6.54 Å². The van der Waals surface area contributed by atoms with E-state index in [0.29, 0.717) is 5.88 Å². The van der Waals surface area contributed by atoms with Gasteiger partial charge in [0, 0.05) is 18.3 Å². The smallest absolute Gasteiger partial charge is 0.231 e. The lowest BCUT2D eigenvalue weighted by Crippen LogP contribution is -2.33. The second-order valence-corrected chi connectivity index (χ2v) is 8.45. The lowest BCUT2D eigenvalue weighted by atomic mass is 9.97. The van der Waals surface area contributed by atoms with Crippen LogP contribution in [0, 0.1) is 0 Å². The fraction of sp³-hybridized carbons (Fsp3) is 0.308. The van der Waals surface area contributed by atoms with Crippen LogP contribution < -0.4 is 15.2 Å². The molecule has 1 aromatic heterocycles. The minimum Gasteiger partial charge on any atom is -0.485 e. The SMILES string of the molecule is NC(=O)CN1CCCC1c1ccc(Oc2ccc3c(c2)CCC(c2ccccc2)O3)nc1. The van der Waals surface area contributed by atoms with Crippen molar-refractivity contribution in [3.63, 3.8) is 0 Å². The van der Waals surface area contributed by atoms with Crippen LogP contribution in [0.2, 0.25) is 0 Å². The van der Waals surface area contributed by atoms with E-state index < -0.39 is 0 Å². The number of nitrogens with zero attached hydrogens (tertiary/aromatic N) is 2. The van der Waals surface area contributed by atoms with Gasteiger partial charge in [0.1, 0.15) is 17.6 Å². The van der Waals surface area contributed by atoms with Crippen LogP contribution in [0.15, 0.2) is 66.9 Å². The molecule has 6 heteroatoms. The maximum atomic E-state index is 11.3. The summed E-state index contributed by atoms with van der Waals surface area (Å²) < 4.78 is 12.2. The molecule has 0 bridgehead atoms. The minimum atomic E-state index is -0.295. The summed E-state index contributed by atoms with van der Waals surface area (Å²) in [4.78, 5) is 17.9. The molecule has 2 unspecified atom stereocenters. The van der Waals surface area contributed by atoms with Crippen molar-refractivity contribution >= 4 is 5.91 Å². The molecule has 1 fully saturated rings. The number of benzene rings is 2. The molecule has 2 aromatic carbocycles.